The van der Waals surface area contributed by atoms with Crippen LogP contribution in [0.4, 0.5) is 5.69 Å². The number of carbonyl (C=O) groups excluding carboxylic acids is 1. The summed E-state index contributed by atoms with van der Waals surface area (Å²) in [6.45, 7) is 4.56. The molecular formula is C25H29NO2. The third kappa shape index (κ3) is 2.59. The predicted molar refractivity (Wildman–Crippen MR) is 112 cm³/mol. The van der Waals surface area contributed by atoms with Gasteiger partial charge in [-0.15, -0.1) is 0 Å². The SMILES string of the molecule is COC(=O)c1ccc([C@@H]2Nc3c(C(C)C)cccc3[C@H]3[C@H]4CC[C@@H](C4)[C@@H]32)cc1. The summed E-state index contributed by atoms with van der Waals surface area (Å²) in [6, 6.07) is 15.3. The average Bonchev–Trinajstić information content (AvgIpc) is 3.35. The molecule has 1 aliphatic heterocycles. The standard InChI is InChI=1S/C25H29NO2/c1-14(2)19-5-4-6-20-21-17-11-12-18(13-17)22(21)23(26-24(19)20)15-7-9-16(10-8-15)25(27)28-3/h4-10,14,17-18,21-23,26H,11-13H2,1-3H3/t17-,18-,21+,22-,23-/m0/s1. The molecule has 5 atom stereocenters. The quantitative estimate of drug-likeness (QED) is 0.680. The van der Waals surface area contributed by atoms with Gasteiger partial charge in [-0.1, -0.05) is 44.2 Å². The molecule has 3 heteroatoms. The molecule has 2 aromatic rings. The van der Waals surface area contributed by atoms with Crippen molar-refractivity contribution in [3.05, 3.63) is 64.7 Å². The van der Waals surface area contributed by atoms with E-state index in [-0.39, 0.29) is 5.97 Å². The maximum Gasteiger partial charge on any atom is 0.337 e. The van der Waals surface area contributed by atoms with E-state index in [0.717, 1.165) is 11.8 Å². The van der Waals surface area contributed by atoms with Crippen LogP contribution in [0.15, 0.2) is 42.5 Å². The molecule has 2 aromatic carbocycles. The summed E-state index contributed by atoms with van der Waals surface area (Å²) in [7, 11) is 1.43. The largest absolute Gasteiger partial charge is 0.465 e. The van der Waals surface area contributed by atoms with Crippen LogP contribution in [-0.2, 0) is 4.74 Å². The highest BCUT2D eigenvalue weighted by Crippen LogP contribution is 2.64. The number of rotatable bonds is 3. The Labute approximate surface area is 167 Å². The van der Waals surface area contributed by atoms with E-state index in [0.29, 0.717) is 29.4 Å². The van der Waals surface area contributed by atoms with Crippen LogP contribution in [-0.4, -0.2) is 13.1 Å². The zero-order valence-corrected chi connectivity index (χ0v) is 16.9. The molecule has 28 heavy (non-hydrogen) atoms. The summed E-state index contributed by atoms with van der Waals surface area (Å²) in [5.74, 6) is 3.18. The van der Waals surface area contributed by atoms with Crippen molar-refractivity contribution < 1.29 is 9.53 Å². The lowest BCUT2D eigenvalue weighted by atomic mass is 9.67. The van der Waals surface area contributed by atoms with Crippen molar-refractivity contribution in [1.29, 1.82) is 0 Å². The third-order valence-corrected chi connectivity index (χ3v) is 7.47. The molecule has 0 aromatic heterocycles. The van der Waals surface area contributed by atoms with E-state index in [4.69, 9.17) is 4.74 Å². The van der Waals surface area contributed by atoms with Gasteiger partial charge in [0, 0.05) is 5.69 Å². The fraction of sp³-hybridized carbons (Fsp3) is 0.480. The monoisotopic (exact) mass is 375 g/mol. The highest BCUT2D eigenvalue weighted by atomic mass is 16.5. The van der Waals surface area contributed by atoms with E-state index in [1.807, 2.05) is 12.1 Å². The Bertz CT molecular complexity index is 901. The molecule has 2 fully saturated rings. The Morgan fingerprint density at radius 2 is 1.82 bits per heavy atom. The second kappa shape index (κ2) is 6.65. The van der Waals surface area contributed by atoms with Gasteiger partial charge in [-0.2, -0.15) is 0 Å². The number of benzene rings is 2. The van der Waals surface area contributed by atoms with Crippen LogP contribution in [0.1, 0.15) is 78.0 Å². The maximum absolute atomic E-state index is 11.8. The Morgan fingerprint density at radius 3 is 2.54 bits per heavy atom. The Balaban J connectivity index is 1.58. The van der Waals surface area contributed by atoms with Gasteiger partial charge in [0.1, 0.15) is 0 Å². The van der Waals surface area contributed by atoms with E-state index >= 15 is 0 Å². The molecule has 1 N–H and O–H groups in total. The Kier molecular flexibility index (Phi) is 4.22. The summed E-state index contributed by atoms with van der Waals surface area (Å²) < 4.78 is 4.87. The first-order valence-electron chi connectivity index (χ1n) is 10.7. The lowest BCUT2D eigenvalue weighted by molar-refractivity contribution is 0.0600. The number of esters is 1. The summed E-state index contributed by atoms with van der Waals surface area (Å²) >= 11 is 0. The summed E-state index contributed by atoms with van der Waals surface area (Å²) in [4.78, 5) is 11.8. The number of para-hydroxylation sites is 1. The van der Waals surface area contributed by atoms with Crippen LogP contribution in [0.2, 0.25) is 0 Å². The van der Waals surface area contributed by atoms with E-state index < -0.39 is 0 Å². The minimum Gasteiger partial charge on any atom is -0.465 e. The topological polar surface area (TPSA) is 38.3 Å². The molecular weight excluding hydrogens is 346 g/mol. The predicted octanol–water partition coefficient (Wildman–Crippen LogP) is 5.89. The third-order valence-electron chi connectivity index (χ3n) is 7.47. The van der Waals surface area contributed by atoms with Crippen LogP contribution in [0.25, 0.3) is 0 Å². The average molecular weight is 376 g/mol. The molecule has 0 unspecified atom stereocenters. The van der Waals surface area contributed by atoms with Crippen molar-refractivity contribution in [2.45, 2.75) is 51.0 Å². The molecule has 0 amide bonds. The molecule has 1 heterocycles. The van der Waals surface area contributed by atoms with Crippen molar-refractivity contribution in [1.82, 2.24) is 0 Å². The molecule has 2 bridgehead atoms. The molecule has 2 aliphatic carbocycles. The minimum atomic E-state index is -0.270. The maximum atomic E-state index is 11.8. The Morgan fingerprint density at radius 1 is 1.07 bits per heavy atom. The van der Waals surface area contributed by atoms with Gasteiger partial charge in [0.2, 0.25) is 0 Å². The molecule has 0 saturated heterocycles. The molecule has 0 radical (unpaired) electrons. The number of carbonyl (C=O) groups is 1. The zero-order valence-electron chi connectivity index (χ0n) is 16.9. The summed E-state index contributed by atoms with van der Waals surface area (Å²) in [6.07, 6.45) is 4.12. The van der Waals surface area contributed by atoms with Gasteiger partial charge < -0.3 is 10.1 Å². The van der Waals surface area contributed by atoms with Crippen LogP contribution < -0.4 is 5.32 Å². The molecule has 0 spiro atoms. The van der Waals surface area contributed by atoms with Crippen LogP contribution in [0.3, 0.4) is 0 Å². The normalized spacial score (nSPS) is 29.9. The highest BCUT2D eigenvalue weighted by Gasteiger charge is 2.54. The highest BCUT2D eigenvalue weighted by molar-refractivity contribution is 5.89. The zero-order chi connectivity index (χ0) is 19.4. The lowest BCUT2D eigenvalue weighted by Crippen LogP contribution is -2.36. The van der Waals surface area contributed by atoms with Gasteiger partial charge in [-0.25, -0.2) is 4.79 Å². The van der Waals surface area contributed by atoms with Crippen LogP contribution in [0, 0.1) is 17.8 Å². The fourth-order valence-electron chi connectivity index (χ4n) is 6.29. The first-order chi connectivity index (χ1) is 13.6. The van der Waals surface area contributed by atoms with Gasteiger partial charge in [-0.3, -0.25) is 0 Å². The molecule has 2 saturated carbocycles. The number of methoxy groups -OCH3 is 1. The number of hydrogen-bond acceptors (Lipinski definition) is 3. The van der Waals surface area contributed by atoms with Gasteiger partial charge in [0.15, 0.2) is 0 Å². The number of nitrogens with one attached hydrogen (secondary N) is 1. The van der Waals surface area contributed by atoms with E-state index in [1.165, 1.54) is 43.2 Å². The summed E-state index contributed by atoms with van der Waals surface area (Å²) in [5.41, 5.74) is 6.25. The first kappa shape index (κ1) is 17.8. The smallest absolute Gasteiger partial charge is 0.337 e. The first-order valence-corrected chi connectivity index (χ1v) is 10.7. The molecule has 3 aliphatic rings. The van der Waals surface area contributed by atoms with E-state index in [9.17, 15) is 4.79 Å². The number of ether oxygens (including phenoxy) is 1. The number of fused-ring (bicyclic) bond motifs is 7. The minimum absolute atomic E-state index is 0.270. The molecule has 5 rings (SSSR count). The van der Waals surface area contributed by atoms with E-state index in [1.54, 1.807) is 5.56 Å². The van der Waals surface area contributed by atoms with Crippen LogP contribution in [0.5, 0.6) is 0 Å². The van der Waals surface area contributed by atoms with Crippen molar-refractivity contribution in [2.24, 2.45) is 17.8 Å². The molecule has 146 valence electrons. The number of anilines is 1. The second-order valence-corrected chi connectivity index (χ2v) is 9.14. The van der Waals surface area contributed by atoms with Gasteiger partial charge in [-0.05, 0) is 77.7 Å². The summed E-state index contributed by atoms with van der Waals surface area (Å²) in [5, 5.41) is 3.97. The van der Waals surface area contributed by atoms with Crippen LogP contribution >= 0.6 is 0 Å². The Hall–Kier alpha value is -2.29. The second-order valence-electron chi connectivity index (χ2n) is 9.14. The van der Waals surface area contributed by atoms with E-state index in [2.05, 4.69) is 49.5 Å². The van der Waals surface area contributed by atoms with Gasteiger partial charge >= 0.3 is 5.97 Å². The van der Waals surface area contributed by atoms with Crippen molar-refractivity contribution >= 4 is 11.7 Å². The van der Waals surface area contributed by atoms with Gasteiger partial charge in [0.25, 0.3) is 0 Å². The fourth-order valence-corrected chi connectivity index (χ4v) is 6.29. The van der Waals surface area contributed by atoms with Crippen molar-refractivity contribution in [3.8, 4) is 0 Å². The van der Waals surface area contributed by atoms with Gasteiger partial charge in [0.05, 0.1) is 18.7 Å². The van der Waals surface area contributed by atoms with Crippen molar-refractivity contribution in [3.63, 3.8) is 0 Å². The lowest BCUT2D eigenvalue weighted by Gasteiger charge is -2.44. The number of hydrogen-bond donors (Lipinski definition) is 1. The molecule has 3 nitrogen and oxygen atoms in total. The van der Waals surface area contributed by atoms with Crippen molar-refractivity contribution in [2.75, 3.05) is 12.4 Å².